The predicted molar refractivity (Wildman–Crippen MR) is 80.1 cm³/mol. The molecule has 6 heteroatoms. The van der Waals surface area contributed by atoms with Gasteiger partial charge in [0.2, 0.25) is 5.91 Å². The van der Waals surface area contributed by atoms with Crippen molar-refractivity contribution >= 4 is 23.2 Å². The molecule has 2 atom stereocenters. The highest BCUT2D eigenvalue weighted by atomic mass is 32.1. The number of fused-ring (bicyclic) bond motifs is 2. The van der Waals surface area contributed by atoms with Crippen molar-refractivity contribution in [2.24, 2.45) is 0 Å². The van der Waals surface area contributed by atoms with Gasteiger partial charge in [0.05, 0.1) is 6.42 Å². The summed E-state index contributed by atoms with van der Waals surface area (Å²) in [5.74, 6) is -0.882. The van der Waals surface area contributed by atoms with Crippen molar-refractivity contribution in [3.63, 3.8) is 0 Å². The Kier molecular flexibility index (Phi) is 4.26. The Labute approximate surface area is 128 Å². The summed E-state index contributed by atoms with van der Waals surface area (Å²) in [5.41, 5.74) is 0. The number of rotatable bonds is 5. The molecule has 0 unspecified atom stereocenters. The first kappa shape index (κ1) is 14.5. The van der Waals surface area contributed by atoms with E-state index in [0.717, 1.165) is 32.5 Å². The number of carboxylic acids is 1. The molecule has 2 bridgehead atoms. The Hall–Kier alpha value is -1.40. The number of hydrogen-bond acceptors (Lipinski definition) is 4. The Bertz CT molecular complexity index is 503. The number of aliphatic carboxylic acids is 1. The molecule has 1 aromatic rings. The maximum Gasteiger partial charge on any atom is 0.303 e. The molecule has 1 N–H and O–H groups in total. The molecule has 3 heterocycles. The third kappa shape index (κ3) is 3.27. The van der Waals surface area contributed by atoms with Crippen molar-refractivity contribution in [2.75, 3.05) is 13.1 Å². The van der Waals surface area contributed by atoms with Crippen molar-refractivity contribution in [1.29, 1.82) is 0 Å². The quantitative estimate of drug-likeness (QED) is 0.901. The Morgan fingerprint density at radius 3 is 2.52 bits per heavy atom. The van der Waals surface area contributed by atoms with Crippen LogP contribution in [0, 0.1) is 0 Å². The van der Waals surface area contributed by atoms with Gasteiger partial charge in [0.1, 0.15) is 0 Å². The van der Waals surface area contributed by atoms with E-state index in [9.17, 15) is 9.59 Å². The minimum atomic E-state index is -0.896. The van der Waals surface area contributed by atoms with Crippen molar-refractivity contribution in [3.05, 3.63) is 22.4 Å². The van der Waals surface area contributed by atoms with Crippen LogP contribution in [-0.2, 0) is 16.1 Å². The summed E-state index contributed by atoms with van der Waals surface area (Å²) >= 11 is 1.77. The first-order valence-corrected chi connectivity index (χ1v) is 8.29. The van der Waals surface area contributed by atoms with Gasteiger partial charge in [0, 0.05) is 43.0 Å². The lowest BCUT2D eigenvalue weighted by Crippen LogP contribution is -2.55. The molecule has 1 aromatic heterocycles. The number of piperazine rings is 1. The van der Waals surface area contributed by atoms with Crippen LogP contribution in [0.1, 0.15) is 30.6 Å². The Balaban J connectivity index is 1.59. The molecule has 114 valence electrons. The third-order valence-corrected chi connectivity index (χ3v) is 5.22. The van der Waals surface area contributed by atoms with E-state index in [0.29, 0.717) is 0 Å². The summed E-state index contributed by atoms with van der Waals surface area (Å²) in [5, 5.41) is 10.8. The van der Waals surface area contributed by atoms with E-state index in [4.69, 9.17) is 5.11 Å². The highest BCUT2D eigenvalue weighted by Gasteiger charge is 2.42. The largest absolute Gasteiger partial charge is 0.481 e. The lowest BCUT2D eigenvalue weighted by Gasteiger charge is -2.41. The average molecular weight is 308 g/mol. The fourth-order valence-corrected chi connectivity index (χ4v) is 4.24. The molecule has 2 saturated heterocycles. The molecule has 5 nitrogen and oxygen atoms in total. The monoisotopic (exact) mass is 308 g/mol. The number of likely N-dealkylation sites (tertiary alicyclic amines) is 1. The van der Waals surface area contributed by atoms with Crippen LogP contribution in [0.4, 0.5) is 0 Å². The Morgan fingerprint density at radius 2 is 1.95 bits per heavy atom. The maximum atomic E-state index is 12.2. The number of hydrogen-bond donors (Lipinski definition) is 1. The van der Waals surface area contributed by atoms with E-state index in [1.807, 2.05) is 4.90 Å². The summed E-state index contributed by atoms with van der Waals surface area (Å²) < 4.78 is 0. The van der Waals surface area contributed by atoms with Gasteiger partial charge in [-0.3, -0.25) is 14.5 Å². The number of carboxylic acid groups (broad SMARTS) is 1. The van der Waals surface area contributed by atoms with Gasteiger partial charge in [0.25, 0.3) is 0 Å². The molecule has 0 spiro atoms. The summed E-state index contributed by atoms with van der Waals surface area (Å²) in [6.07, 6.45) is 2.16. The van der Waals surface area contributed by atoms with Crippen molar-refractivity contribution in [1.82, 2.24) is 9.80 Å². The van der Waals surface area contributed by atoms with Gasteiger partial charge in [-0.15, -0.1) is 11.3 Å². The van der Waals surface area contributed by atoms with Gasteiger partial charge in [0.15, 0.2) is 0 Å². The van der Waals surface area contributed by atoms with Crippen LogP contribution in [0.3, 0.4) is 0 Å². The molecule has 0 aliphatic carbocycles. The molecular weight excluding hydrogens is 288 g/mol. The number of nitrogens with zero attached hydrogens (tertiary/aromatic N) is 2. The highest BCUT2D eigenvalue weighted by molar-refractivity contribution is 7.09. The zero-order valence-electron chi connectivity index (χ0n) is 11.9. The average Bonchev–Trinajstić information content (AvgIpc) is 3.03. The SMILES string of the molecule is O=C(O)CCC(=O)N1[C@H]2CC[C@H]1CN(Cc1cccs1)C2. The van der Waals surface area contributed by atoms with Crippen LogP contribution in [-0.4, -0.2) is 52.0 Å². The van der Waals surface area contributed by atoms with Crippen LogP contribution in [0.5, 0.6) is 0 Å². The minimum Gasteiger partial charge on any atom is -0.481 e. The van der Waals surface area contributed by atoms with E-state index in [2.05, 4.69) is 22.4 Å². The molecule has 2 aliphatic rings. The summed E-state index contributed by atoms with van der Waals surface area (Å²) in [4.78, 5) is 28.6. The second kappa shape index (κ2) is 6.15. The molecule has 0 radical (unpaired) electrons. The van der Waals surface area contributed by atoms with Crippen molar-refractivity contribution in [2.45, 2.75) is 44.3 Å². The van der Waals surface area contributed by atoms with Gasteiger partial charge >= 0.3 is 5.97 Å². The van der Waals surface area contributed by atoms with Crippen LogP contribution in [0.25, 0.3) is 0 Å². The third-order valence-electron chi connectivity index (χ3n) is 4.36. The van der Waals surface area contributed by atoms with Crippen LogP contribution < -0.4 is 0 Å². The van der Waals surface area contributed by atoms with Crippen molar-refractivity contribution in [3.8, 4) is 0 Å². The molecule has 3 rings (SSSR count). The van der Waals surface area contributed by atoms with E-state index in [1.54, 1.807) is 11.3 Å². The normalized spacial score (nSPS) is 25.2. The smallest absolute Gasteiger partial charge is 0.303 e. The fourth-order valence-electron chi connectivity index (χ4n) is 3.49. The number of carbonyl (C=O) groups is 2. The van der Waals surface area contributed by atoms with Crippen LogP contribution >= 0.6 is 11.3 Å². The van der Waals surface area contributed by atoms with Gasteiger partial charge in [-0.1, -0.05) is 6.07 Å². The van der Waals surface area contributed by atoms with Gasteiger partial charge in [-0.25, -0.2) is 0 Å². The first-order valence-electron chi connectivity index (χ1n) is 7.41. The highest BCUT2D eigenvalue weighted by Crippen LogP contribution is 2.32. The number of amides is 1. The molecule has 0 saturated carbocycles. The van der Waals surface area contributed by atoms with Gasteiger partial charge in [-0.05, 0) is 24.3 Å². The second-order valence-electron chi connectivity index (χ2n) is 5.85. The van der Waals surface area contributed by atoms with Crippen LogP contribution in [0.15, 0.2) is 17.5 Å². The molecule has 1 amide bonds. The summed E-state index contributed by atoms with van der Waals surface area (Å²) in [6.45, 7) is 2.78. The van der Waals surface area contributed by atoms with E-state index < -0.39 is 5.97 Å². The summed E-state index contributed by atoms with van der Waals surface area (Å²) in [6, 6.07) is 4.76. The summed E-state index contributed by atoms with van der Waals surface area (Å²) in [7, 11) is 0. The number of carbonyl (C=O) groups excluding carboxylic acids is 1. The maximum absolute atomic E-state index is 12.2. The lowest BCUT2D eigenvalue weighted by molar-refractivity contribution is -0.143. The molecule has 0 aromatic carbocycles. The fraction of sp³-hybridized carbons (Fsp3) is 0.600. The first-order chi connectivity index (χ1) is 10.1. The molecule has 2 aliphatic heterocycles. The topological polar surface area (TPSA) is 60.9 Å². The molecule has 2 fully saturated rings. The van der Waals surface area contributed by atoms with E-state index >= 15 is 0 Å². The van der Waals surface area contributed by atoms with Crippen molar-refractivity contribution < 1.29 is 14.7 Å². The molecular formula is C15H20N2O3S. The van der Waals surface area contributed by atoms with Gasteiger partial charge in [-0.2, -0.15) is 0 Å². The van der Waals surface area contributed by atoms with Crippen LogP contribution in [0.2, 0.25) is 0 Å². The predicted octanol–water partition coefficient (Wildman–Crippen LogP) is 1.79. The number of thiophene rings is 1. The minimum absolute atomic E-state index is 0.0145. The standard InChI is InChI=1S/C15H20N2O3S/c18-14(5-6-15(19)20)17-11-3-4-12(17)9-16(8-11)10-13-2-1-7-21-13/h1-2,7,11-12H,3-6,8-10H2,(H,19,20)/t11-,12-/m0/s1. The zero-order valence-corrected chi connectivity index (χ0v) is 12.7. The van der Waals surface area contributed by atoms with E-state index in [1.165, 1.54) is 4.88 Å². The van der Waals surface area contributed by atoms with Gasteiger partial charge < -0.3 is 10.0 Å². The van der Waals surface area contributed by atoms with E-state index in [-0.39, 0.29) is 30.8 Å². The second-order valence-corrected chi connectivity index (χ2v) is 6.89. The molecule has 21 heavy (non-hydrogen) atoms. The lowest BCUT2D eigenvalue weighted by atomic mass is 10.1. The zero-order chi connectivity index (χ0) is 14.8. The Morgan fingerprint density at radius 1 is 1.24 bits per heavy atom.